The second-order valence-electron chi connectivity index (χ2n) is 3.91. The van der Waals surface area contributed by atoms with Gasteiger partial charge in [-0.25, -0.2) is 9.97 Å². The maximum atomic E-state index is 10.9. The molecule has 88 valence electrons. The van der Waals surface area contributed by atoms with Crippen LogP contribution in [0.2, 0.25) is 0 Å². The van der Waals surface area contributed by atoms with Crippen LogP contribution in [0.3, 0.4) is 0 Å². The van der Waals surface area contributed by atoms with Crippen molar-refractivity contribution in [3.63, 3.8) is 0 Å². The van der Waals surface area contributed by atoms with Crippen molar-refractivity contribution < 1.29 is 4.21 Å². The highest BCUT2D eigenvalue weighted by Gasteiger charge is 2.27. The molecule has 0 amide bonds. The lowest BCUT2D eigenvalue weighted by molar-refractivity contribution is 0.687. The molecule has 6 heteroatoms. The van der Waals surface area contributed by atoms with E-state index in [0.717, 1.165) is 16.2 Å². The number of nitrogens with zero attached hydrogens (tertiary/aromatic N) is 2. The van der Waals surface area contributed by atoms with Crippen LogP contribution in [0.1, 0.15) is 24.6 Å². The molecule has 0 spiro atoms. The molecular formula is C10H14BrN3OS. The number of nitrogens with one attached hydrogen (secondary N) is 1. The van der Waals surface area contributed by atoms with Crippen LogP contribution in [0.15, 0.2) is 10.7 Å². The quantitative estimate of drug-likeness (QED) is 0.844. The second kappa shape index (κ2) is 5.23. The molecule has 1 N–H and O–H groups in total. The molecule has 1 heterocycles. The van der Waals surface area contributed by atoms with Crippen LogP contribution in [0.5, 0.6) is 0 Å². The summed E-state index contributed by atoms with van der Waals surface area (Å²) in [7, 11) is -0.764. The Balaban J connectivity index is 1.99. The third-order valence-corrected chi connectivity index (χ3v) is 3.54. The monoisotopic (exact) mass is 303 g/mol. The molecule has 1 aliphatic carbocycles. The molecule has 1 aliphatic rings. The average molecular weight is 304 g/mol. The Morgan fingerprint density at radius 2 is 2.31 bits per heavy atom. The lowest BCUT2D eigenvalue weighted by Crippen LogP contribution is -2.11. The van der Waals surface area contributed by atoms with Gasteiger partial charge in [-0.3, -0.25) is 4.21 Å². The third-order valence-electron chi connectivity index (χ3n) is 2.35. The van der Waals surface area contributed by atoms with Crippen molar-refractivity contribution in [3.05, 3.63) is 16.5 Å². The molecule has 1 saturated carbocycles. The molecule has 2 rings (SSSR count). The Kier molecular flexibility index (Phi) is 3.91. The van der Waals surface area contributed by atoms with Gasteiger partial charge in [-0.2, -0.15) is 0 Å². The van der Waals surface area contributed by atoms with Crippen LogP contribution < -0.4 is 5.32 Å². The first-order valence-electron chi connectivity index (χ1n) is 5.23. The van der Waals surface area contributed by atoms with Crippen molar-refractivity contribution >= 4 is 32.5 Å². The number of hydrogen-bond donors (Lipinski definition) is 1. The van der Waals surface area contributed by atoms with Crippen molar-refractivity contribution in [2.75, 3.05) is 23.9 Å². The van der Waals surface area contributed by atoms with Gasteiger partial charge in [-0.05, 0) is 28.8 Å². The van der Waals surface area contributed by atoms with Crippen molar-refractivity contribution in [1.29, 1.82) is 0 Å². The zero-order chi connectivity index (χ0) is 11.5. The molecule has 1 aromatic heterocycles. The Hall–Kier alpha value is -0.490. The van der Waals surface area contributed by atoms with Crippen molar-refractivity contribution in [1.82, 2.24) is 9.97 Å². The number of hydrogen-bond acceptors (Lipinski definition) is 4. The van der Waals surface area contributed by atoms with Gasteiger partial charge in [0, 0.05) is 41.3 Å². The highest BCUT2D eigenvalue weighted by Crippen LogP contribution is 2.38. The molecule has 1 fully saturated rings. The average Bonchev–Trinajstić information content (AvgIpc) is 2.99. The summed E-state index contributed by atoms with van der Waals surface area (Å²) < 4.78 is 11.7. The molecule has 0 radical (unpaired) electrons. The van der Waals surface area contributed by atoms with Gasteiger partial charge < -0.3 is 5.32 Å². The van der Waals surface area contributed by atoms with Gasteiger partial charge in [0.15, 0.2) is 0 Å². The summed E-state index contributed by atoms with van der Waals surface area (Å²) in [6.07, 6.45) is 4.08. The Morgan fingerprint density at radius 1 is 1.56 bits per heavy atom. The molecule has 0 bridgehead atoms. The molecule has 1 aromatic rings. The van der Waals surface area contributed by atoms with Gasteiger partial charge in [0.1, 0.15) is 16.2 Å². The lowest BCUT2D eigenvalue weighted by Gasteiger charge is -2.06. The summed E-state index contributed by atoms with van der Waals surface area (Å²) in [6, 6.07) is 1.85. The minimum atomic E-state index is -0.764. The van der Waals surface area contributed by atoms with Crippen LogP contribution in [-0.2, 0) is 10.8 Å². The topological polar surface area (TPSA) is 54.9 Å². The molecular weight excluding hydrogens is 290 g/mol. The first-order valence-corrected chi connectivity index (χ1v) is 7.75. The summed E-state index contributed by atoms with van der Waals surface area (Å²) in [5.41, 5.74) is 0. The van der Waals surface area contributed by atoms with E-state index >= 15 is 0 Å². The normalized spacial score (nSPS) is 17.1. The fourth-order valence-corrected chi connectivity index (χ4v) is 2.16. The van der Waals surface area contributed by atoms with E-state index in [2.05, 4.69) is 31.2 Å². The summed E-state index contributed by atoms with van der Waals surface area (Å²) in [6.45, 7) is 0.677. The predicted octanol–water partition coefficient (Wildman–Crippen LogP) is 1.91. The highest BCUT2D eigenvalue weighted by atomic mass is 79.9. The lowest BCUT2D eigenvalue weighted by atomic mass is 10.4. The predicted molar refractivity (Wildman–Crippen MR) is 69.1 cm³/mol. The summed E-state index contributed by atoms with van der Waals surface area (Å²) in [5.74, 6) is 2.91. The summed E-state index contributed by atoms with van der Waals surface area (Å²) >= 11 is 3.38. The smallest absolute Gasteiger partial charge is 0.135 e. The van der Waals surface area contributed by atoms with E-state index in [0.29, 0.717) is 18.2 Å². The second-order valence-corrected chi connectivity index (χ2v) is 6.28. The van der Waals surface area contributed by atoms with E-state index in [1.54, 1.807) is 6.26 Å². The summed E-state index contributed by atoms with van der Waals surface area (Å²) in [4.78, 5) is 8.79. The van der Waals surface area contributed by atoms with E-state index in [9.17, 15) is 4.21 Å². The number of rotatable bonds is 5. The number of halogens is 1. The molecule has 0 aliphatic heterocycles. The maximum Gasteiger partial charge on any atom is 0.135 e. The minimum Gasteiger partial charge on any atom is -0.369 e. The standard InChI is InChI=1S/C10H14BrN3OS/c1-16(15)5-4-12-9-6-8(11)13-10(14-9)7-2-3-7/h6-7H,2-5H2,1H3,(H,12,13,14). The number of anilines is 1. The largest absolute Gasteiger partial charge is 0.369 e. The fourth-order valence-electron chi connectivity index (χ4n) is 1.37. The van der Waals surface area contributed by atoms with Gasteiger partial charge in [0.05, 0.1) is 0 Å². The van der Waals surface area contributed by atoms with Crippen LogP contribution in [0.4, 0.5) is 5.82 Å². The molecule has 4 nitrogen and oxygen atoms in total. The maximum absolute atomic E-state index is 10.9. The highest BCUT2D eigenvalue weighted by molar-refractivity contribution is 9.10. The van der Waals surface area contributed by atoms with Crippen LogP contribution in [0, 0.1) is 0 Å². The zero-order valence-electron chi connectivity index (χ0n) is 9.07. The molecule has 0 aromatic carbocycles. The van der Waals surface area contributed by atoms with E-state index in [1.165, 1.54) is 12.8 Å². The van der Waals surface area contributed by atoms with E-state index < -0.39 is 10.8 Å². The number of aromatic nitrogens is 2. The summed E-state index contributed by atoms with van der Waals surface area (Å²) in [5, 5.41) is 3.17. The van der Waals surface area contributed by atoms with Gasteiger partial charge in [-0.15, -0.1) is 0 Å². The van der Waals surface area contributed by atoms with Crippen molar-refractivity contribution in [2.45, 2.75) is 18.8 Å². The van der Waals surface area contributed by atoms with Crippen LogP contribution in [0.25, 0.3) is 0 Å². The molecule has 1 atom stereocenters. The van der Waals surface area contributed by atoms with Crippen molar-refractivity contribution in [3.8, 4) is 0 Å². The van der Waals surface area contributed by atoms with Crippen molar-refractivity contribution in [2.24, 2.45) is 0 Å². The zero-order valence-corrected chi connectivity index (χ0v) is 11.5. The van der Waals surface area contributed by atoms with Gasteiger partial charge in [-0.1, -0.05) is 0 Å². The first kappa shape index (κ1) is 12.0. The minimum absolute atomic E-state index is 0.540. The van der Waals surface area contributed by atoms with E-state index in [1.807, 2.05) is 6.07 Å². The van der Waals surface area contributed by atoms with Gasteiger partial charge in [0.25, 0.3) is 0 Å². The van der Waals surface area contributed by atoms with E-state index in [4.69, 9.17) is 0 Å². The SMILES string of the molecule is CS(=O)CCNc1cc(Br)nc(C2CC2)n1. The third kappa shape index (κ3) is 3.52. The Morgan fingerprint density at radius 3 is 2.94 bits per heavy atom. The van der Waals surface area contributed by atoms with Crippen LogP contribution >= 0.6 is 15.9 Å². The fraction of sp³-hybridized carbons (Fsp3) is 0.600. The molecule has 0 saturated heterocycles. The Labute approximate surface area is 106 Å². The van der Waals surface area contributed by atoms with Gasteiger partial charge >= 0.3 is 0 Å². The van der Waals surface area contributed by atoms with Gasteiger partial charge in [0.2, 0.25) is 0 Å². The van der Waals surface area contributed by atoms with E-state index in [-0.39, 0.29) is 0 Å². The first-order chi connectivity index (χ1) is 7.65. The molecule has 1 unspecified atom stereocenters. The van der Waals surface area contributed by atoms with Crippen LogP contribution in [-0.4, -0.2) is 32.7 Å². The molecule has 16 heavy (non-hydrogen) atoms. The Bertz CT molecular complexity index is 409.